The fourth-order valence-electron chi connectivity index (χ4n) is 3.06. The summed E-state index contributed by atoms with van der Waals surface area (Å²) in [7, 11) is 1.47. The number of unbranched alkanes of at least 4 members (excludes halogenated alkanes) is 9. The Morgan fingerprint density at radius 3 is 1.86 bits per heavy atom. The van der Waals surface area contributed by atoms with Gasteiger partial charge in [-0.15, -0.1) is 0 Å². The standard InChI is InChI=1S/C19H36O2S/c1-3-4-5-6-7-8-9-10-11-14-17-18(22-17)15-12-13-16-19(20)21-2/h17-18H,3-16H2,1-2H3/t17-,18+/m1/s1. The Morgan fingerprint density at radius 2 is 1.32 bits per heavy atom. The Labute approximate surface area is 142 Å². The summed E-state index contributed by atoms with van der Waals surface area (Å²) >= 11 is 2.16. The van der Waals surface area contributed by atoms with Crippen LogP contribution in [0.5, 0.6) is 0 Å². The molecule has 0 saturated carbocycles. The molecule has 2 nitrogen and oxygen atoms in total. The fourth-order valence-corrected chi connectivity index (χ4v) is 4.30. The van der Waals surface area contributed by atoms with Crippen molar-refractivity contribution in [2.75, 3.05) is 7.11 Å². The van der Waals surface area contributed by atoms with Gasteiger partial charge in [-0.2, -0.15) is 11.8 Å². The molecule has 0 aromatic carbocycles. The van der Waals surface area contributed by atoms with E-state index in [2.05, 4.69) is 23.4 Å². The maximum Gasteiger partial charge on any atom is 0.305 e. The Kier molecular flexibility index (Phi) is 12.0. The summed E-state index contributed by atoms with van der Waals surface area (Å²) in [6.07, 6.45) is 18.3. The molecule has 0 amide bonds. The van der Waals surface area contributed by atoms with Crippen LogP contribution in [0.1, 0.15) is 96.8 Å². The van der Waals surface area contributed by atoms with E-state index in [-0.39, 0.29) is 5.97 Å². The van der Waals surface area contributed by atoms with Crippen molar-refractivity contribution in [2.45, 2.75) is 107 Å². The molecule has 1 aliphatic heterocycles. The highest BCUT2D eigenvalue weighted by Crippen LogP contribution is 2.47. The van der Waals surface area contributed by atoms with Gasteiger partial charge < -0.3 is 4.74 Å². The molecule has 0 spiro atoms. The molecule has 0 radical (unpaired) electrons. The summed E-state index contributed by atoms with van der Waals surface area (Å²) in [5, 5.41) is 1.83. The third kappa shape index (κ3) is 10.5. The van der Waals surface area contributed by atoms with Crippen LogP contribution < -0.4 is 0 Å². The normalized spacial score (nSPS) is 20.1. The number of carbonyl (C=O) groups excluding carboxylic acids is 1. The number of carbonyl (C=O) groups is 1. The Bertz CT molecular complexity index is 281. The van der Waals surface area contributed by atoms with Crippen LogP contribution in [0.4, 0.5) is 0 Å². The second kappa shape index (κ2) is 13.3. The van der Waals surface area contributed by atoms with E-state index < -0.39 is 0 Å². The zero-order chi connectivity index (χ0) is 16.0. The van der Waals surface area contributed by atoms with Gasteiger partial charge in [-0.05, 0) is 19.3 Å². The second-order valence-corrected chi connectivity index (χ2v) is 8.14. The van der Waals surface area contributed by atoms with Crippen LogP contribution in [0.15, 0.2) is 0 Å². The molecule has 130 valence electrons. The minimum absolute atomic E-state index is 0.0605. The monoisotopic (exact) mass is 328 g/mol. The van der Waals surface area contributed by atoms with Gasteiger partial charge in [0.05, 0.1) is 7.11 Å². The highest BCUT2D eigenvalue weighted by Gasteiger charge is 2.36. The smallest absolute Gasteiger partial charge is 0.305 e. The number of thioether (sulfide) groups is 1. The maximum absolute atomic E-state index is 11.0. The molecule has 0 bridgehead atoms. The van der Waals surface area contributed by atoms with Gasteiger partial charge in [0.15, 0.2) is 0 Å². The van der Waals surface area contributed by atoms with Crippen LogP contribution in [0.2, 0.25) is 0 Å². The lowest BCUT2D eigenvalue weighted by Crippen LogP contribution is -2.00. The first-order chi connectivity index (χ1) is 10.8. The SMILES string of the molecule is CCCCCCCCCCC[C@H]1S[C@H]1CCCCC(=O)OC. The average molecular weight is 329 g/mol. The van der Waals surface area contributed by atoms with Gasteiger partial charge >= 0.3 is 5.97 Å². The maximum atomic E-state index is 11.0. The quantitative estimate of drug-likeness (QED) is 0.206. The summed E-state index contributed by atoms with van der Waals surface area (Å²) in [5.74, 6) is -0.0605. The van der Waals surface area contributed by atoms with Crippen LogP contribution in [-0.4, -0.2) is 23.6 Å². The molecule has 1 fully saturated rings. The molecule has 0 aromatic rings. The van der Waals surface area contributed by atoms with Gasteiger partial charge in [0.2, 0.25) is 0 Å². The molecule has 0 N–H and O–H groups in total. The van der Waals surface area contributed by atoms with Gasteiger partial charge in [0.1, 0.15) is 0 Å². The van der Waals surface area contributed by atoms with Crippen LogP contribution in [-0.2, 0) is 9.53 Å². The molecule has 0 unspecified atom stereocenters. The second-order valence-electron chi connectivity index (χ2n) is 6.65. The van der Waals surface area contributed by atoms with E-state index in [0.29, 0.717) is 6.42 Å². The van der Waals surface area contributed by atoms with Crippen LogP contribution >= 0.6 is 11.8 Å². The Balaban J connectivity index is 1.77. The largest absolute Gasteiger partial charge is 0.469 e. The van der Waals surface area contributed by atoms with Crippen molar-refractivity contribution in [2.24, 2.45) is 0 Å². The van der Waals surface area contributed by atoms with E-state index in [1.165, 1.54) is 84.2 Å². The molecule has 2 atom stereocenters. The van der Waals surface area contributed by atoms with E-state index >= 15 is 0 Å². The molecular weight excluding hydrogens is 292 g/mol. The third-order valence-corrected chi connectivity index (χ3v) is 6.14. The lowest BCUT2D eigenvalue weighted by molar-refractivity contribution is -0.140. The minimum Gasteiger partial charge on any atom is -0.469 e. The number of hydrogen-bond acceptors (Lipinski definition) is 3. The number of ether oxygens (including phenoxy) is 1. The first-order valence-electron chi connectivity index (χ1n) is 9.50. The number of methoxy groups -OCH3 is 1. The predicted molar refractivity (Wildman–Crippen MR) is 97.5 cm³/mol. The Morgan fingerprint density at radius 1 is 0.818 bits per heavy atom. The molecule has 22 heavy (non-hydrogen) atoms. The summed E-state index contributed by atoms with van der Waals surface area (Å²) in [4.78, 5) is 11.0. The fraction of sp³-hybridized carbons (Fsp3) is 0.947. The molecule has 1 aliphatic rings. The van der Waals surface area contributed by atoms with Crippen molar-refractivity contribution >= 4 is 17.7 Å². The van der Waals surface area contributed by atoms with Crippen molar-refractivity contribution in [3.8, 4) is 0 Å². The summed E-state index contributed by atoms with van der Waals surface area (Å²) in [5.41, 5.74) is 0. The molecule has 0 aromatic heterocycles. The molecule has 1 heterocycles. The molecule has 3 heteroatoms. The van der Waals surface area contributed by atoms with Gasteiger partial charge in [-0.25, -0.2) is 0 Å². The zero-order valence-electron chi connectivity index (χ0n) is 14.8. The third-order valence-electron chi connectivity index (χ3n) is 4.63. The first-order valence-corrected chi connectivity index (χ1v) is 10.4. The highest BCUT2D eigenvalue weighted by molar-refractivity contribution is 8.07. The average Bonchev–Trinajstić information content (AvgIpc) is 3.28. The lowest BCUT2D eigenvalue weighted by atomic mass is 10.0. The molecular formula is C19H36O2S. The van der Waals surface area contributed by atoms with Crippen molar-refractivity contribution in [1.29, 1.82) is 0 Å². The van der Waals surface area contributed by atoms with Crippen molar-refractivity contribution in [3.63, 3.8) is 0 Å². The van der Waals surface area contributed by atoms with Gasteiger partial charge in [0.25, 0.3) is 0 Å². The molecule has 1 rings (SSSR count). The van der Waals surface area contributed by atoms with E-state index in [1.807, 2.05) is 0 Å². The van der Waals surface area contributed by atoms with Crippen LogP contribution in [0.25, 0.3) is 0 Å². The first kappa shape index (κ1) is 19.9. The summed E-state index contributed by atoms with van der Waals surface area (Å²) < 4.78 is 4.66. The Hall–Kier alpha value is -0.180. The van der Waals surface area contributed by atoms with Crippen LogP contribution in [0, 0.1) is 0 Å². The van der Waals surface area contributed by atoms with Gasteiger partial charge in [0, 0.05) is 16.9 Å². The highest BCUT2D eigenvalue weighted by atomic mass is 32.2. The summed E-state index contributed by atoms with van der Waals surface area (Å²) in [6, 6.07) is 0. The van der Waals surface area contributed by atoms with E-state index in [0.717, 1.165) is 16.9 Å². The molecule has 0 aliphatic carbocycles. The predicted octanol–water partition coefficient (Wildman–Crippen LogP) is 6.12. The van der Waals surface area contributed by atoms with E-state index in [1.54, 1.807) is 0 Å². The summed E-state index contributed by atoms with van der Waals surface area (Å²) in [6.45, 7) is 2.28. The van der Waals surface area contributed by atoms with Crippen molar-refractivity contribution in [1.82, 2.24) is 0 Å². The van der Waals surface area contributed by atoms with Crippen LogP contribution in [0.3, 0.4) is 0 Å². The van der Waals surface area contributed by atoms with Crippen molar-refractivity contribution < 1.29 is 9.53 Å². The lowest BCUT2D eigenvalue weighted by Gasteiger charge is -2.02. The topological polar surface area (TPSA) is 26.3 Å². The van der Waals surface area contributed by atoms with E-state index in [9.17, 15) is 4.79 Å². The minimum atomic E-state index is -0.0605. The number of rotatable bonds is 15. The molecule has 1 saturated heterocycles. The number of hydrogen-bond donors (Lipinski definition) is 0. The number of esters is 1. The van der Waals surface area contributed by atoms with Crippen molar-refractivity contribution in [3.05, 3.63) is 0 Å². The van der Waals surface area contributed by atoms with E-state index in [4.69, 9.17) is 0 Å². The zero-order valence-corrected chi connectivity index (χ0v) is 15.6. The van der Waals surface area contributed by atoms with Gasteiger partial charge in [-0.1, -0.05) is 71.1 Å². The van der Waals surface area contributed by atoms with Gasteiger partial charge in [-0.3, -0.25) is 4.79 Å².